The van der Waals surface area contributed by atoms with Crippen LogP contribution < -0.4 is 15.9 Å². The monoisotopic (exact) mass is 634 g/mol. The lowest BCUT2D eigenvalue weighted by molar-refractivity contribution is -0.137. The lowest BCUT2D eigenvalue weighted by Gasteiger charge is -2.31. The van der Waals surface area contributed by atoms with Crippen LogP contribution in [0.15, 0.2) is 77.9 Å². The van der Waals surface area contributed by atoms with Crippen LogP contribution >= 0.6 is 0 Å². The number of rotatable bonds is 5. The van der Waals surface area contributed by atoms with Crippen LogP contribution in [0.1, 0.15) is 11.3 Å². The Morgan fingerprint density at radius 3 is 2.24 bits per heavy atom. The predicted molar refractivity (Wildman–Crippen MR) is 166 cm³/mol. The van der Waals surface area contributed by atoms with Gasteiger partial charge in [-0.25, -0.2) is 14.4 Å². The first kappa shape index (κ1) is 31.9. The molecule has 5 aromatic rings. The van der Waals surface area contributed by atoms with Gasteiger partial charge in [0.05, 0.1) is 34.0 Å². The van der Waals surface area contributed by atoms with Crippen molar-refractivity contribution in [2.45, 2.75) is 13.1 Å². The van der Waals surface area contributed by atoms with Crippen LogP contribution in [-0.2, 0) is 22.8 Å². The van der Waals surface area contributed by atoms with Crippen molar-refractivity contribution in [2.24, 2.45) is 7.05 Å². The van der Waals surface area contributed by atoms with Crippen molar-refractivity contribution >= 4 is 39.6 Å². The van der Waals surface area contributed by atoms with E-state index in [1.165, 1.54) is 15.2 Å². The summed E-state index contributed by atoms with van der Waals surface area (Å²) in [4.78, 5) is 43.1. The number of nitrogens with zero attached hydrogens (tertiary/aromatic N) is 5. The Balaban J connectivity index is 0.000000463. The zero-order valence-electron chi connectivity index (χ0n) is 24.7. The quantitative estimate of drug-likeness (QED) is 0.240. The summed E-state index contributed by atoms with van der Waals surface area (Å²) in [6, 6.07) is 13.7. The number of piperazine rings is 1. The van der Waals surface area contributed by atoms with Crippen molar-refractivity contribution in [3.8, 4) is 16.8 Å². The van der Waals surface area contributed by atoms with Crippen molar-refractivity contribution in [3.05, 3.63) is 94.8 Å². The van der Waals surface area contributed by atoms with Crippen LogP contribution in [0.3, 0.4) is 0 Å². The van der Waals surface area contributed by atoms with E-state index in [4.69, 9.17) is 10.2 Å². The van der Waals surface area contributed by atoms with Crippen LogP contribution in [0.2, 0.25) is 0 Å². The maximum absolute atomic E-state index is 14.3. The van der Waals surface area contributed by atoms with Crippen LogP contribution in [-0.4, -0.2) is 67.4 Å². The number of nitrogens with one attached hydrogen (secondary N) is 1. The SMILES string of the molecule is Cc1cc(-c2ccc3ncc4c(c3c2)n(-c2ccc(N3CCNCC3)c(C(F)(F)F)c2)c(=O)n4C)ccn1.O=C(O)C=CC(=O)O. The molecule has 3 N–H and O–H groups in total. The molecule has 11 nitrogen and oxygen atoms in total. The summed E-state index contributed by atoms with van der Waals surface area (Å²) < 4.78 is 45.7. The predicted octanol–water partition coefficient (Wildman–Crippen LogP) is 4.39. The highest BCUT2D eigenvalue weighted by atomic mass is 19.4. The zero-order chi connectivity index (χ0) is 33.2. The number of anilines is 1. The molecule has 1 aliphatic rings. The highest BCUT2D eigenvalue weighted by molar-refractivity contribution is 6.04. The molecule has 238 valence electrons. The Hall–Kier alpha value is -5.50. The first-order chi connectivity index (χ1) is 21.8. The lowest BCUT2D eigenvalue weighted by Crippen LogP contribution is -2.44. The number of carbonyl (C=O) groups is 2. The van der Waals surface area contributed by atoms with E-state index in [0.717, 1.165) is 22.9 Å². The molecule has 0 unspecified atom stereocenters. The summed E-state index contributed by atoms with van der Waals surface area (Å²) in [5.41, 5.74) is 3.46. The third kappa shape index (κ3) is 6.61. The summed E-state index contributed by atoms with van der Waals surface area (Å²) >= 11 is 0. The third-order valence-corrected chi connectivity index (χ3v) is 7.48. The Kier molecular flexibility index (Phi) is 8.91. The summed E-state index contributed by atoms with van der Waals surface area (Å²) in [5, 5.41) is 19.5. The number of aromatic nitrogens is 4. The first-order valence-corrected chi connectivity index (χ1v) is 14.1. The second-order valence-corrected chi connectivity index (χ2v) is 10.5. The maximum Gasteiger partial charge on any atom is 0.418 e. The fourth-order valence-electron chi connectivity index (χ4n) is 5.36. The smallest absolute Gasteiger partial charge is 0.418 e. The molecule has 4 heterocycles. The molecule has 1 aliphatic heterocycles. The van der Waals surface area contributed by atoms with Gasteiger partial charge in [-0.15, -0.1) is 0 Å². The number of aliphatic carboxylic acids is 2. The second kappa shape index (κ2) is 12.9. The number of alkyl halides is 3. The summed E-state index contributed by atoms with van der Waals surface area (Å²) in [7, 11) is 1.60. The molecule has 0 radical (unpaired) electrons. The Labute approximate surface area is 259 Å². The van der Waals surface area contributed by atoms with Crippen LogP contribution in [0.5, 0.6) is 0 Å². The molecule has 0 spiro atoms. The Morgan fingerprint density at radius 2 is 1.61 bits per heavy atom. The molecule has 0 aliphatic carbocycles. The van der Waals surface area contributed by atoms with Crippen molar-refractivity contribution in [3.63, 3.8) is 0 Å². The van der Waals surface area contributed by atoms with Gasteiger partial charge in [-0.1, -0.05) is 6.07 Å². The highest BCUT2D eigenvalue weighted by Gasteiger charge is 2.36. The summed E-state index contributed by atoms with van der Waals surface area (Å²) in [6.07, 6.45) is -0.151. The number of hydrogen-bond donors (Lipinski definition) is 3. The highest BCUT2D eigenvalue weighted by Crippen LogP contribution is 2.39. The van der Waals surface area contributed by atoms with Gasteiger partial charge in [-0.3, -0.25) is 19.1 Å². The van der Waals surface area contributed by atoms with E-state index < -0.39 is 29.4 Å². The number of benzene rings is 2. The molecule has 0 amide bonds. The van der Waals surface area contributed by atoms with E-state index in [1.54, 1.807) is 30.4 Å². The van der Waals surface area contributed by atoms with Gasteiger partial charge in [-0.2, -0.15) is 13.2 Å². The number of fused-ring (bicyclic) bond motifs is 3. The fraction of sp³-hybridized carbons (Fsp3) is 0.219. The molecule has 1 saturated heterocycles. The third-order valence-electron chi connectivity index (χ3n) is 7.48. The molecule has 0 atom stereocenters. The Morgan fingerprint density at radius 1 is 0.935 bits per heavy atom. The topological polar surface area (TPSA) is 143 Å². The van der Waals surface area contributed by atoms with E-state index >= 15 is 0 Å². The molecule has 0 saturated carbocycles. The normalized spacial score (nSPS) is 13.6. The van der Waals surface area contributed by atoms with Gasteiger partial charge in [0.2, 0.25) is 0 Å². The number of aryl methyl sites for hydroxylation is 2. The van der Waals surface area contributed by atoms with Crippen LogP contribution in [0, 0.1) is 6.92 Å². The number of halogens is 3. The number of imidazole rings is 1. The molecule has 1 fully saturated rings. The van der Waals surface area contributed by atoms with E-state index in [9.17, 15) is 27.6 Å². The summed E-state index contributed by atoms with van der Waals surface area (Å²) in [6.45, 7) is 4.08. The van der Waals surface area contributed by atoms with Crippen molar-refractivity contribution in [2.75, 3.05) is 31.1 Å². The van der Waals surface area contributed by atoms with Crippen molar-refractivity contribution in [1.82, 2.24) is 24.4 Å². The number of pyridine rings is 2. The van der Waals surface area contributed by atoms with Gasteiger partial charge < -0.3 is 20.4 Å². The zero-order valence-corrected chi connectivity index (χ0v) is 24.7. The minimum Gasteiger partial charge on any atom is -0.478 e. The van der Waals surface area contributed by atoms with Gasteiger partial charge in [0, 0.05) is 68.3 Å². The van der Waals surface area contributed by atoms with Gasteiger partial charge in [0.25, 0.3) is 0 Å². The molecule has 6 rings (SSSR count). The van der Waals surface area contributed by atoms with E-state index in [-0.39, 0.29) is 11.4 Å². The Bertz CT molecular complexity index is 2030. The second-order valence-electron chi connectivity index (χ2n) is 10.5. The van der Waals surface area contributed by atoms with E-state index in [1.807, 2.05) is 37.3 Å². The largest absolute Gasteiger partial charge is 0.478 e. The van der Waals surface area contributed by atoms with Crippen LogP contribution in [0.4, 0.5) is 18.9 Å². The minimum atomic E-state index is -4.58. The molecular formula is C32H29F3N6O5. The van der Waals surface area contributed by atoms with Crippen molar-refractivity contribution < 1.29 is 33.0 Å². The molecular weight excluding hydrogens is 605 g/mol. The molecule has 2 aromatic carbocycles. The van der Waals surface area contributed by atoms with Gasteiger partial charge in [0.1, 0.15) is 0 Å². The molecule has 14 heteroatoms. The van der Waals surface area contributed by atoms with Gasteiger partial charge >= 0.3 is 23.8 Å². The summed E-state index contributed by atoms with van der Waals surface area (Å²) in [5.74, 6) is -2.51. The van der Waals surface area contributed by atoms with E-state index in [2.05, 4.69) is 15.3 Å². The molecule has 46 heavy (non-hydrogen) atoms. The standard InChI is InChI=1S/C28H25F3N6O.C4H4O4/c1-17-13-19(7-8-33-17)18-3-5-23-21(14-18)26-25(16-34-23)35(2)27(38)37(26)20-4-6-24(22(15-20)28(29,30)31)36-11-9-32-10-12-36;5-3(6)1-2-4(7)8/h3-8,13-16,32H,9-12H2,1-2H3;1-2H,(H,5,6)(H,7,8). The molecule has 0 bridgehead atoms. The van der Waals surface area contributed by atoms with Crippen molar-refractivity contribution in [1.29, 1.82) is 0 Å². The lowest BCUT2D eigenvalue weighted by atomic mass is 10.0. The average Bonchev–Trinajstić information content (AvgIpc) is 3.29. The molecule has 3 aromatic heterocycles. The average molecular weight is 635 g/mol. The van der Waals surface area contributed by atoms with Crippen LogP contribution in [0.25, 0.3) is 38.8 Å². The maximum atomic E-state index is 14.3. The van der Waals surface area contributed by atoms with E-state index in [0.29, 0.717) is 60.3 Å². The fourth-order valence-corrected chi connectivity index (χ4v) is 5.36. The number of hydrogen-bond acceptors (Lipinski definition) is 7. The number of carboxylic acid groups (broad SMARTS) is 2. The van der Waals surface area contributed by atoms with Gasteiger partial charge in [0.15, 0.2) is 0 Å². The number of carboxylic acids is 2. The first-order valence-electron chi connectivity index (χ1n) is 14.1. The minimum absolute atomic E-state index is 0.123. The van der Waals surface area contributed by atoms with Gasteiger partial charge in [-0.05, 0) is 60.5 Å².